The van der Waals surface area contributed by atoms with Crippen molar-refractivity contribution in [1.29, 1.82) is 0 Å². The van der Waals surface area contributed by atoms with E-state index >= 15 is 0 Å². The normalized spacial score (nSPS) is 13.1. The van der Waals surface area contributed by atoms with E-state index in [9.17, 15) is 13.2 Å². The van der Waals surface area contributed by atoms with Gasteiger partial charge in [0.1, 0.15) is 5.82 Å². The fourth-order valence-corrected chi connectivity index (χ4v) is 2.76. The second kappa shape index (κ2) is 7.45. The van der Waals surface area contributed by atoms with Crippen molar-refractivity contribution in [2.75, 3.05) is 25.1 Å². The SMILES string of the molecule is CCC(c1cnc(Nc2ccc(Cl)c(C(F)(F)F)c2)nc1N)N(C)C. The minimum Gasteiger partial charge on any atom is -0.383 e. The van der Waals surface area contributed by atoms with E-state index in [4.69, 9.17) is 17.3 Å². The second-order valence-electron chi connectivity index (χ2n) is 5.74. The van der Waals surface area contributed by atoms with Crippen molar-refractivity contribution in [2.24, 2.45) is 0 Å². The fraction of sp³-hybridized carbons (Fsp3) is 0.375. The van der Waals surface area contributed by atoms with Crippen LogP contribution in [0.5, 0.6) is 0 Å². The van der Waals surface area contributed by atoms with Crippen molar-refractivity contribution < 1.29 is 13.2 Å². The topological polar surface area (TPSA) is 67.1 Å². The summed E-state index contributed by atoms with van der Waals surface area (Å²) in [4.78, 5) is 10.3. The molecule has 0 spiro atoms. The molecule has 0 saturated carbocycles. The minimum absolute atomic E-state index is 0.0569. The molecule has 2 rings (SSSR count). The molecule has 1 heterocycles. The van der Waals surface area contributed by atoms with Crippen LogP contribution in [0.3, 0.4) is 0 Å². The van der Waals surface area contributed by atoms with Crippen LogP contribution >= 0.6 is 11.6 Å². The molecule has 9 heteroatoms. The summed E-state index contributed by atoms with van der Waals surface area (Å²) in [6.45, 7) is 2.02. The maximum Gasteiger partial charge on any atom is 0.417 e. The van der Waals surface area contributed by atoms with Gasteiger partial charge in [0.05, 0.1) is 10.6 Å². The first-order chi connectivity index (χ1) is 11.6. The Hall–Kier alpha value is -2.06. The van der Waals surface area contributed by atoms with Gasteiger partial charge in [-0.25, -0.2) is 4.98 Å². The van der Waals surface area contributed by atoms with Crippen molar-refractivity contribution in [1.82, 2.24) is 14.9 Å². The van der Waals surface area contributed by atoms with E-state index in [1.807, 2.05) is 25.9 Å². The van der Waals surface area contributed by atoms with Crippen LogP contribution < -0.4 is 11.1 Å². The molecular weight excluding hydrogens is 355 g/mol. The van der Waals surface area contributed by atoms with Crippen LogP contribution in [0.4, 0.5) is 30.6 Å². The summed E-state index contributed by atoms with van der Waals surface area (Å²) in [5, 5.41) is 2.35. The molecule has 0 saturated heterocycles. The molecule has 0 radical (unpaired) electrons. The molecule has 0 bridgehead atoms. The largest absolute Gasteiger partial charge is 0.417 e. The van der Waals surface area contributed by atoms with Crippen LogP contribution in [0.2, 0.25) is 5.02 Å². The van der Waals surface area contributed by atoms with Gasteiger partial charge < -0.3 is 16.0 Å². The molecule has 1 aromatic heterocycles. The van der Waals surface area contributed by atoms with E-state index in [2.05, 4.69) is 15.3 Å². The van der Waals surface area contributed by atoms with Gasteiger partial charge in [-0.2, -0.15) is 18.2 Å². The second-order valence-corrected chi connectivity index (χ2v) is 6.15. The third-order valence-corrected chi connectivity index (χ3v) is 4.07. The maximum atomic E-state index is 12.9. The number of rotatable bonds is 5. The molecule has 3 N–H and O–H groups in total. The first-order valence-corrected chi connectivity index (χ1v) is 7.93. The van der Waals surface area contributed by atoms with Gasteiger partial charge in [-0.1, -0.05) is 18.5 Å². The van der Waals surface area contributed by atoms with Gasteiger partial charge in [0.2, 0.25) is 5.95 Å². The van der Waals surface area contributed by atoms with E-state index in [1.165, 1.54) is 12.1 Å². The lowest BCUT2D eigenvalue weighted by atomic mass is 10.1. The number of nitrogens with zero attached hydrogens (tertiary/aromatic N) is 3. The third-order valence-electron chi connectivity index (χ3n) is 3.74. The zero-order valence-electron chi connectivity index (χ0n) is 14.0. The number of alkyl halides is 3. The Morgan fingerprint density at radius 2 is 2.00 bits per heavy atom. The number of anilines is 3. The lowest BCUT2D eigenvalue weighted by Crippen LogP contribution is -2.21. The molecule has 25 heavy (non-hydrogen) atoms. The quantitative estimate of drug-likeness (QED) is 0.808. The summed E-state index contributed by atoms with van der Waals surface area (Å²) in [6, 6.07) is 3.55. The number of nitrogens with two attached hydrogens (primary N) is 1. The van der Waals surface area contributed by atoms with Crippen LogP contribution in [0, 0.1) is 0 Å². The Bertz CT molecular complexity index is 749. The van der Waals surface area contributed by atoms with Crippen LogP contribution in [0.1, 0.15) is 30.5 Å². The van der Waals surface area contributed by atoms with Gasteiger partial charge in [0, 0.05) is 23.5 Å². The first-order valence-electron chi connectivity index (χ1n) is 7.56. The Balaban J connectivity index is 2.29. The summed E-state index contributed by atoms with van der Waals surface area (Å²) in [7, 11) is 3.85. The van der Waals surface area contributed by atoms with Gasteiger partial charge in [-0.3, -0.25) is 0 Å². The standard InChI is InChI=1S/C16H19ClF3N5/c1-4-13(25(2)3)10-8-22-15(24-14(10)21)23-9-5-6-12(17)11(7-9)16(18,19)20/h5-8,13H,4H2,1-3H3,(H3,21,22,23,24). The Kier molecular flexibility index (Phi) is 5.74. The van der Waals surface area contributed by atoms with Gasteiger partial charge in [0.15, 0.2) is 0 Å². The highest BCUT2D eigenvalue weighted by atomic mass is 35.5. The lowest BCUT2D eigenvalue weighted by molar-refractivity contribution is -0.137. The number of nitrogens with one attached hydrogen (secondary N) is 1. The number of benzene rings is 1. The molecule has 0 aliphatic rings. The Morgan fingerprint density at radius 1 is 1.32 bits per heavy atom. The zero-order chi connectivity index (χ0) is 18.8. The van der Waals surface area contributed by atoms with Crippen molar-refractivity contribution in [3.8, 4) is 0 Å². The fourth-order valence-electron chi connectivity index (χ4n) is 2.53. The highest BCUT2D eigenvalue weighted by Gasteiger charge is 2.33. The summed E-state index contributed by atoms with van der Waals surface area (Å²) in [5.41, 5.74) is 6.00. The van der Waals surface area contributed by atoms with Crippen LogP contribution in [-0.2, 0) is 6.18 Å². The summed E-state index contributed by atoms with van der Waals surface area (Å²) in [6.07, 6.45) is -2.14. The average molecular weight is 374 g/mol. The molecule has 1 atom stereocenters. The van der Waals surface area contributed by atoms with Gasteiger partial charge >= 0.3 is 6.18 Å². The van der Waals surface area contributed by atoms with Crippen molar-refractivity contribution in [3.63, 3.8) is 0 Å². The van der Waals surface area contributed by atoms with Gasteiger partial charge in [-0.05, 0) is 38.7 Å². The highest BCUT2D eigenvalue weighted by molar-refractivity contribution is 6.31. The highest BCUT2D eigenvalue weighted by Crippen LogP contribution is 2.36. The lowest BCUT2D eigenvalue weighted by Gasteiger charge is -2.24. The van der Waals surface area contributed by atoms with Crippen LogP contribution in [0.15, 0.2) is 24.4 Å². The summed E-state index contributed by atoms with van der Waals surface area (Å²) >= 11 is 5.61. The molecular formula is C16H19ClF3N5. The van der Waals surface area contributed by atoms with Crippen LogP contribution in [0.25, 0.3) is 0 Å². The molecule has 0 aliphatic heterocycles. The molecule has 1 aromatic carbocycles. The molecule has 136 valence electrons. The van der Waals surface area contributed by atoms with E-state index in [0.29, 0.717) is 0 Å². The molecule has 0 amide bonds. The predicted octanol–water partition coefficient (Wildman–Crippen LogP) is 4.49. The predicted molar refractivity (Wildman–Crippen MR) is 92.9 cm³/mol. The molecule has 2 aromatic rings. The molecule has 1 unspecified atom stereocenters. The Labute approximate surface area is 149 Å². The van der Waals surface area contributed by atoms with E-state index < -0.39 is 11.7 Å². The minimum atomic E-state index is -4.54. The maximum absolute atomic E-state index is 12.9. The Morgan fingerprint density at radius 3 is 2.52 bits per heavy atom. The third kappa shape index (κ3) is 4.52. The van der Waals surface area contributed by atoms with Gasteiger partial charge in [-0.15, -0.1) is 0 Å². The number of halogens is 4. The molecule has 0 aliphatic carbocycles. The van der Waals surface area contributed by atoms with E-state index in [0.717, 1.165) is 18.1 Å². The average Bonchev–Trinajstić information content (AvgIpc) is 2.50. The van der Waals surface area contributed by atoms with Gasteiger partial charge in [0.25, 0.3) is 0 Å². The van der Waals surface area contributed by atoms with Crippen molar-refractivity contribution >= 4 is 29.1 Å². The van der Waals surface area contributed by atoms with E-state index in [1.54, 1.807) is 6.20 Å². The van der Waals surface area contributed by atoms with E-state index in [-0.39, 0.29) is 28.5 Å². The summed E-state index contributed by atoms with van der Waals surface area (Å²) < 4.78 is 38.8. The van der Waals surface area contributed by atoms with Crippen molar-refractivity contribution in [3.05, 3.63) is 40.5 Å². The number of aromatic nitrogens is 2. The first kappa shape index (κ1) is 19.3. The molecule has 0 fully saturated rings. The number of hydrogen-bond acceptors (Lipinski definition) is 5. The van der Waals surface area contributed by atoms with Crippen LogP contribution in [-0.4, -0.2) is 29.0 Å². The van der Waals surface area contributed by atoms with Crippen molar-refractivity contribution in [2.45, 2.75) is 25.6 Å². The molecule has 5 nitrogen and oxygen atoms in total. The number of nitrogen functional groups attached to an aromatic ring is 1. The number of hydrogen-bond donors (Lipinski definition) is 2. The summed E-state index contributed by atoms with van der Waals surface area (Å²) in [5.74, 6) is 0.397. The smallest absolute Gasteiger partial charge is 0.383 e. The monoisotopic (exact) mass is 373 g/mol. The zero-order valence-corrected chi connectivity index (χ0v) is 14.8.